The number of anilines is 3. The number of morpholine rings is 1. The summed E-state index contributed by atoms with van der Waals surface area (Å²) in [5, 5.41) is 6.76. The first kappa shape index (κ1) is 17.6. The van der Waals surface area contributed by atoms with Crippen molar-refractivity contribution in [3.63, 3.8) is 0 Å². The first-order valence-electron chi connectivity index (χ1n) is 8.35. The molecule has 3 rings (SSSR count). The van der Waals surface area contributed by atoms with Gasteiger partial charge in [0.1, 0.15) is 0 Å². The zero-order valence-electron chi connectivity index (χ0n) is 14.2. The zero-order chi connectivity index (χ0) is 17.6. The SMILES string of the molecule is Cc1ccc(NC(=O)CNc2cccc(Cl)c2N2CCOCC2)cc1. The van der Waals surface area contributed by atoms with E-state index in [1.807, 2.05) is 49.4 Å². The van der Waals surface area contributed by atoms with Gasteiger partial charge in [-0.2, -0.15) is 0 Å². The van der Waals surface area contributed by atoms with E-state index in [0.717, 1.165) is 35.7 Å². The second-order valence-corrected chi connectivity index (χ2v) is 6.41. The molecular weight excluding hydrogens is 338 g/mol. The maximum Gasteiger partial charge on any atom is 0.243 e. The molecule has 1 saturated heterocycles. The van der Waals surface area contributed by atoms with Gasteiger partial charge in [0.15, 0.2) is 0 Å². The van der Waals surface area contributed by atoms with Gasteiger partial charge in [-0.3, -0.25) is 4.79 Å². The number of carbonyl (C=O) groups is 1. The molecule has 2 N–H and O–H groups in total. The Morgan fingerprint density at radius 3 is 2.60 bits per heavy atom. The van der Waals surface area contributed by atoms with Crippen LogP contribution >= 0.6 is 11.6 Å². The van der Waals surface area contributed by atoms with Gasteiger partial charge in [-0.15, -0.1) is 0 Å². The molecule has 2 aromatic rings. The van der Waals surface area contributed by atoms with Crippen LogP contribution in [-0.2, 0) is 9.53 Å². The highest BCUT2D eigenvalue weighted by Crippen LogP contribution is 2.34. The number of amides is 1. The lowest BCUT2D eigenvalue weighted by molar-refractivity contribution is -0.114. The molecule has 2 aromatic carbocycles. The Hall–Kier alpha value is -2.24. The van der Waals surface area contributed by atoms with Gasteiger partial charge in [0, 0.05) is 18.8 Å². The van der Waals surface area contributed by atoms with Crippen molar-refractivity contribution in [2.45, 2.75) is 6.92 Å². The Bertz CT molecular complexity index is 728. The Labute approximate surface area is 152 Å². The normalized spacial score (nSPS) is 14.2. The van der Waals surface area contributed by atoms with Crippen LogP contribution in [0.4, 0.5) is 17.1 Å². The van der Waals surface area contributed by atoms with E-state index in [1.165, 1.54) is 0 Å². The van der Waals surface area contributed by atoms with Crippen molar-refractivity contribution >= 4 is 34.6 Å². The topological polar surface area (TPSA) is 53.6 Å². The fourth-order valence-electron chi connectivity index (χ4n) is 2.78. The van der Waals surface area contributed by atoms with Crippen molar-refractivity contribution in [1.29, 1.82) is 0 Å². The van der Waals surface area contributed by atoms with Crippen LogP contribution in [0.25, 0.3) is 0 Å². The summed E-state index contributed by atoms with van der Waals surface area (Å²) >= 11 is 6.40. The largest absolute Gasteiger partial charge is 0.378 e. The summed E-state index contributed by atoms with van der Waals surface area (Å²) in [4.78, 5) is 14.4. The minimum atomic E-state index is -0.100. The average Bonchev–Trinajstić information content (AvgIpc) is 2.63. The van der Waals surface area contributed by atoms with Gasteiger partial charge in [0.05, 0.1) is 36.2 Å². The Morgan fingerprint density at radius 1 is 1.16 bits per heavy atom. The smallest absolute Gasteiger partial charge is 0.243 e. The van der Waals surface area contributed by atoms with Crippen molar-refractivity contribution < 1.29 is 9.53 Å². The summed E-state index contributed by atoms with van der Waals surface area (Å²) in [6.07, 6.45) is 0. The molecule has 1 aliphatic rings. The lowest BCUT2D eigenvalue weighted by Crippen LogP contribution is -2.37. The summed E-state index contributed by atoms with van der Waals surface area (Å²) in [6.45, 7) is 5.12. The Balaban J connectivity index is 1.65. The van der Waals surface area contributed by atoms with Crippen LogP contribution in [0.1, 0.15) is 5.56 Å². The van der Waals surface area contributed by atoms with Crippen LogP contribution < -0.4 is 15.5 Å². The molecule has 5 nitrogen and oxygen atoms in total. The van der Waals surface area contributed by atoms with E-state index in [2.05, 4.69) is 15.5 Å². The van der Waals surface area contributed by atoms with Crippen molar-refractivity contribution in [2.75, 3.05) is 48.4 Å². The molecule has 6 heteroatoms. The molecule has 0 saturated carbocycles. The number of nitrogens with zero attached hydrogens (tertiary/aromatic N) is 1. The molecular formula is C19H22ClN3O2. The molecule has 0 radical (unpaired) electrons. The summed E-state index contributed by atoms with van der Waals surface area (Å²) in [6, 6.07) is 13.4. The maximum atomic E-state index is 12.2. The molecule has 1 fully saturated rings. The summed E-state index contributed by atoms with van der Waals surface area (Å²) in [5.41, 5.74) is 3.73. The number of aryl methyl sites for hydroxylation is 1. The minimum absolute atomic E-state index is 0.100. The number of halogens is 1. The Morgan fingerprint density at radius 2 is 1.88 bits per heavy atom. The number of rotatable bonds is 5. The fourth-order valence-corrected chi connectivity index (χ4v) is 3.08. The van der Waals surface area contributed by atoms with E-state index >= 15 is 0 Å². The van der Waals surface area contributed by atoms with Crippen LogP contribution in [0.15, 0.2) is 42.5 Å². The van der Waals surface area contributed by atoms with Gasteiger partial charge in [-0.1, -0.05) is 35.4 Å². The van der Waals surface area contributed by atoms with Crippen LogP contribution in [0.5, 0.6) is 0 Å². The van der Waals surface area contributed by atoms with E-state index in [0.29, 0.717) is 18.2 Å². The highest BCUT2D eigenvalue weighted by Gasteiger charge is 2.18. The maximum absolute atomic E-state index is 12.2. The second-order valence-electron chi connectivity index (χ2n) is 6.00. The lowest BCUT2D eigenvalue weighted by atomic mass is 10.2. The van der Waals surface area contributed by atoms with Crippen LogP contribution in [-0.4, -0.2) is 38.8 Å². The molecule has 0 spiro atoms. The first-order valence-corrected chi connectivity index (χ1v) is 8.73. The van der Waals surface area contributed by atoms with Crippen molar-refractivity contribution in [1.82, 2.24) is 0 Å². The molecule has 25 heavy (non-hydrogen) atoms. The minimum Gasteiger partial charge on any atom is -0.378 e. The van der Waals surface area contributed by atoms with Crippen molar-refractivity contribution in [2.24, 2.45) is 0 Å². The van der Waals surface area contributed by atoms with Gasteiger partial charge >= 0.3 is 0 Å². The Kier molecular flexibility index (Phi) is 5.79. The molecule has 1 aliphatic heterocycles. The van der Waals surface area contributed by atoms with E-state index < -0.39 is 0 Å². The highest BCUT2D eigenvalue weighted by molar-refractivity contribution is 6.34. The number of carbonyl (C=O) groups excluding carboxylic acids is 1. The number of para-hydroxylation sites is 1. The van der Waals surface area contributed by atoms with Gasteiger partial charge in [-0.05, 0) is 31.2 Å². The van der Waals surface area contributed by atoms with Crippen LogP contribution in [0.2, 0.25) is 5.02 Å². The third-order valence-electron chi connectivity index (χ3n) is 4.09. The summed E-state index contributed by atoms with van der Waals surface area (Å²) in [5.74, 6) is -0.100. The molecule has 0 bridgehead atoms. The number of hydrogen-bond acceptors (Lipinski definition) is 4. The monoisotopic (exact) mass is 359 g/mol. The molecule has 0 aromatic heterocycles. The molecule has 0 aliphatic carbocycles. The van der Waals surface area contributed by atoms with E-state index in [9.17, 15) is 4.79 Å². The van der Waals surface area contributed by atoms with E-state index in [4.69, 9.17) is 16.3 Å². The first-order chi connectivity index (χ1) is 12.1. The lowest BCUT2D eigenvalue weighted by Gasteiger charge is -2.31. The predicted octanol–water partition coefficient (Wildman–Crippen LogP) is 3.54. The molecule has 0 unspecified atom stereocenters. The number of nitrogens with one attached hydrogen (secondary N) is 2. The third kappa shape index (κ3) is 4.65. The van der Waals surface area contributed by atoms with Gasteiger partial charge in [0.2, 0.25) is 5.91 Å². The number of ether oxygens (including phenoxy) is 1. The summed E-state index contributed by atoms with van der Waals surface area (Å²) in [7, 11) is 0. The van der Waals surface area contributed by atoms with Crippen LogP contribution in [0, 0.1) is 6.92 Å². The number of hydrogen-bond donors (Lipinski definition) is 2. The molecule has 0 atom stereocenters. The molecule has 1 amide bonds. The average molecular weight is 360 g/mol. The quantitative estimate of drug-likeness (QED) is 0.857. The van der Waals surface area contributed by atoms with Crippen molar-refractivity contribution in [3.05, 3.63) is 53.1 Å². The highest BCUT2D eigenvalue weighted by atomic mass is 35.5. The second kappa shape index (κ2) is 8.23. The fraction of sp³-hybridized carbons (Fsp3) is 0.316. The van der Waals surface area contributed by atoms with Gasteiger partial charge < -0.3 is 20.3 Å². The van der Waals surface area contributed by atoms with E-state index in [1.54, 1.807) is 0 Å². The van der Waals surface area contributed by atoms with Gasteiger partial charge in [0.25, 0.3) is 0 Å². The number of benzene rings is 2. The molecule has 132 valence electrons. The zero-order valence-corrected chi connectivity index (χ0v) is 15.0. The molecule has 1 heterocycles. The van der Waals surface area contributed by atoms with Crippen LogP contribution in [0.3, 0.4) is 0 Å². The summed E-state index contributed by atoms with van der Waals surface area (Å²) < 4.78 is 5.40. The van der Waals surface area contributed by atoms with E-state index in [-0.39, 0.29) is 12.5 Å². The standard InChI is InChI=1S/C19H22ClN3O2/c1-14-5-7-15(8-6-14)22-18(24)13-21-17-4-2-3-16(20)19(17)23-9-11-25-12-10-23/h2-8,21H,9-13H2,1H3,(H,22,24). The van der Waals surface area contributed by atoms with Crippen molar-refractivity contribution in [3.8, 4) is 0 Å². The van der Waals surface area contributed by atoms with Gasteiger partial charge in [-0.25, -0.2) is 0 Å². The predicted molar refractivity (Wildman–Crippen MR) is 103 cm³/mol. The third-order valence-corrected chi connectivity index (χ3v) is 4.39.